The Labute approximate surface area is 129 Å². The van der Waals surface area contributed by atoms with E-state index in [2.05, 4.69) is 10.6 Å². The third-order valence-corrected chi connectivity index (χ3v) is 3.86. The number of hydrogen-bond donors (Lipinski definition) is 3. The van der Waals surface area contributed by atoms with Crippen molar-refractivity contribution < 1.29 is 14.3 Å². The number of anilines is 2. The molecule has 1 amide bonds. The highest BCUT2D eigenvalue weighted by Gasteiger charge is 2.26. The molecule has 0 fully saturated rings. The van der Waals surface area contributed by atoms with E-state index in [1.165, 1.54) is 11.3 Å². The van der Waals surface area contributed by atoms with Gasteiger partial charge in [-0.1, -0.05) is 13.8 Å². The van der Waals surface area contributed by atoms with Crippen molar-refractivity contribution in [2.45, 2.75) is 33.6 Å². The van der Waals surface area contributed by atoms with Crippen molar-refractivity contribution in [3.05, 3.63) is 10.4 Å². The van der Waals surface area contributed by atoms with Crippen LogP contribution in [0.1, 0.15) is 53.6 Å². The SMILES string of the molecule is CCCNC(=O)c1sc(NCCC)c(C(=O)OCC)c1N. The molecule has 21 heavy (non-hydrogen) atoms. The second-order valence-corrected chi connectivity index (χ2v) is 5.47. The maximum absolute atomic E-state index is 12.1. The topological polar surface area (TPSA) is 93.5 Å². The van der Waals surface area contributed by atoms with E-state index < -0.39 is 5.97 Å². The molecular formula is C14H23N3O3S. The van der Waals surface area contributed by atoms with E-state index in [9.17, 15) is 9.59 Å². The highest BCUT2D eigenvalue weighted by atomic mass is 32.1. The second-order valence-electron chi connectivity index (χ2n) is 4.45. The van der Waals surface area contributed by atoms with Gasteiger partial charge in [-0.3, -0.25) is 4.79 Å². The molecule has 0 atom stereocenters. The summed E-state index contributed by atoms with van der Waals surface area (Å²) in [5.74, 6) is -0.756. The van der Waals surface area contributed by atoms with Crippen molar-refractivity contribution in [1.82, 2.24) is 5.32 Å². The van der Waals surface area contributed by atoms with Gasteiger partial charge < -0.3 is 21.1 Å². The van der Waals surface area contributed by atoms with Crippen LogP contribution in [-0.2, 0) is 4.74 Å². The summed E-state index contributed by atoms with van der Waals surface area (Å²) in [5, 5.41) is 6.49. The molecule has 0 aliphatic rings. The van der Waals surface area contributed by atoms with Crippen LogP contribution in [0.15, 0.2) is 0 Å². The summed E-state index contributed by atoms with van der Waals surface area (Å²) >= 11 is 1.19. The molecule has 1 aromatic heterocycles. The van der Waals surface area contributed by atoms with Gasteiger partial charge in [0.2, 0.25) is 0 Å². The third-order valence-electron chi connectivity index (χ3n) is 2.70. The molecule has 0 aliphatic carbocycles. The minimum absolute atomic E-state index is 0.186. The average Bonchev–Trinajstić information content (AvgIpc) is 2.79. The molecule has 7 heteroatoms. The Hall–Kier alpha value is -1.76. The molecule has 1 rings (SSSR count). The Kier molecular flexibility index (Phi) is 7.01. The Morgan fingerprint density at radius 3 is 2.43 bits per heavy atom. The quantitative estimate of drug-likeness (QED) is 0.641. The summed E-state index contributed by atoms with van der Waals surface area (Å²) in [6.07, 6.45) is 1.74. The maximum Gasteiger partial charge on any atom is 0.343 e. The Balaban J connectivity index is 3.10. The standard InChI is InChI=1S/C14H23N3O3S/c1-4-7-16-12(18)11-10(15)9(14(19)20-6-3)13(21-11)17-8-5-2/h17H,4-8,15H2,1-3H3,(H,16,18). The largest absolute Gasteiger partial charge is 0.462 e. The molecule has 1 heterocycles. The summed E-state index contributed by atoms with van der Waals surface area (Å²) < 4.78 is 5.02. The van der Waals surface area contributed by atoms with E-state index in [-0.39, 0.29) is 23.8 Å². The number of esters is 1. The number of amides is 1. The lowest BCUT2D eigenvalue weighted by Gasteiger charge is -2.06. The number of rotatable bonds is 8. The smallest absolute Gasteiger partial charge is 0.343 e. The summed E-state index contributed by atoms with van der Waals surface area (Å²) in [4.78, 5) is 24.5. The van der Waals surface area contributed by atoms with E-state index in [1.807, 2.05) is 13.8 Å². The number of nitrogens with one attached hydrogen (secondary N) is 2. The monoisotopic (exact) mass is 313 g/mol. The van der Waals surface area contributed by atoms with Gasteiger partial charge in [0, 0.05) is 13.1 Å². The van der Waals surface area contributed by atoms with Crippen molar-refractivity contribution in [2.75, 3.05) is 30.7 Å². The molecule has 0 bridgehead atoms. The summed E-state index contributed by atoms with van der Waals surface area (Å²) in [6.45, 7) is 7.25. The molecule has 0 spiro atoms. The van der Waals surface area contributed by atoms with Crippen molar-refractivity contribution >= 4 is 33.9 Å². The predicted octanol–water partition coefficient (Wildman–Crippen LogP) is 2.47. The molecule has 0 unspecified atom stereocenters. The Morgan fingerprint density at radius 2 is 1.86 bits per heavy atom. The molecular weight excluding hydrogens is 290 g/mol. The first-order valence-electron chi connectivity index (χ1n) is 7.18. The first-order chi connectivity index (χ1) is 10.1. The Morgan fingerprint density at radius 1 is 1.19 bits per heavy atom. The van der Waals surface area contributed by atoms with Gasteiger partial charge in [-0.15, -0.1) is 11.3 Å². The first kappa shape index (κ1) is 17.3. The molecule has 0 aliphatic heterocycles. The number of hydrogen-bond acceptors (Lipinski definition) is 6. The minimum atomic E-state index is -0.501. The average molecular weight is 313 g/mol. The number of nitrogens with two attached hydrogens (primary N) is 1. The van der Waals surface area contributed by atoms with Crippen molar-refractivity contribution in [3.8, 4) is 0 Å². The summed E-state index contributed by atoms with van der Waals surface area (Å²) in [5.41, 5.74) is 6.44. The van der Waals surface area contributed by atoms with E-state index in [1.54, 1.807) is 6.92 Å². The third kappa shape index (κ3) is 4.35. The van der Waals surface area contributed by atoms with Crippen LogP contribution in [0, 0.1) is 0 Å². The lowest BCUT2D eigenvalue weighted by atomic mass is 10.2. The van der Waals surface area contributed by atoms with Crippen LogP contribution in [0.4, 0.5) is 10.7 Å². The van der Waals surface area contributed by atoms with Gasteiger partial charge in [-0.05, 0) is 19.8 Å². The fourth-order valence-electron chi connectivity index (χ4n) is 1.70. The molecule has 0 saturated carbocycles. The number of ether oxygens (including phenoxy) is 1. The number of nitrogen functional groups attached to an aromatic ring is 1. The zero-order chi connectivity index (χ0) is 15.8. The Bertz CT molecular complexity index is 500. The van der Waals surface area contributed by atoms with Crippen LogP contribution in [-0.4, -0.2) is 31.6 Å². The minimum Gasteiger partial charge on any atom is -0.462 e. The normalized spacial score (nSPS) is 10.2. The lowest BCUT2D eigenvalue weighted by molar-refractivity contribution is 0.0529. The number of carbonyl (C=O) groups excluding carboxylic acids is 2. The summed E-state index contributed by atoms with van der Waals surface area (Å²) in [7, 11) is 0. The molecule has 4 N–H and O–H groups in total. The molecule has 0 saturated heterocycles. The van der Waals surface area contributed by atoms with Crippen molar-refractivity contribution in [1.29, 1.82) is 0 Å². The van der Waals surface area contributed by atoms with Crippen LogP contribution in [0.25, 0.3) is 0 Å². The molecule has 6 nitrogen and oxygen atoms in total. The van der Waals surface area contributed by atoms with E-state index in [4.69, 9.17) is 10.5 Å². The van der Waals surface area contributed by atoms with Gasteiger partial charge in [0.1, 0.15) is 15.4 Å². The van der Waals surface area contributed by atoms with Gasteiger partial charge in [0.25, 0.3) is 5.91 Å². The fourth-order valence-corrected chi connectivity index (χ4v) is 2.75. The van der Waals surface area contributed by atoms with Gasteiger partial charge in [-0.2, -0.15) is 0 Å². The van der Waals surface area contributed by atoms with Crippen LogP contribution in [0.2, 0.25) is 0 Å². The maximum atomic E-state index is 12.1. The van der Waals surface area contributed by atoms with Gasteiger partial charge in [-0.25, -0.2) is 4.79 Å². The lowest BCUT2D eigenvalue weighted by Crippen LogP contribution is -2.24. The van der Waals surface area contributed by atoms with E-state index in [0.717, 1.165) is 12.8 Å². The van der Waals surface area contributed by atoms with Crippen LogP contribution in [0.3, 0.4) is 0 Å². The number of carbonyl (C=O) groups is 2. The summed E-state index contributed by atoms with van der Waals surface area (Å²) in [6, 6.07) is 0. The molecule has 118 valence electrons. The van der Waals surface area contributed by atoms with Crippen LogP contribution in [0.5, 0.6) is 0 Å². The van der Waals surface area contributed by atoms with Crippen molar-refractivity contribution in [2.24, 2.45) is 0 Å². The molecule has 0 radical (unpaired) electrons. The van der Waals surface area contributed by atoms with E-state index in [0.29, 0.717) is 23.0 Å². The van der Waals surface area contributed by atoms with Gasteiger partial charge >= 0.3 is 5.97 Å². The van der Waals surface area contributed by atoms with E-state index >= 15 is 0 Å². The highest BCUT2D eigenvalue weighted by Crippen LogP contribution is 2.36. The van der Waals surface area contributed by atoms with Crippen LogP contribution < -0.4 is 16.4 Å². The number of thiophene rings is 1. The van der Waals surface area contributed by atoms with Crippen molar-refractivity contribution in [3.63, 3.8) is 0 Å². The second kappa shape index (κ2) is 8.51. The zero-order valence-electron chi connectivity index (χ0n) is 12.7. The molecule has 1 aromatic rings. The fraction of sp³-hybridized carbons (Fsp3) is 0.571. The first-order valence-corrected chi connectivity index (χ1v) is 7.99. The zero-order valence-corrected chi connectivity index (χ0v) is 13.6. The molecule has 0 aromatic carbocycles. The van der Waals surface area contributed by atoms with Crippen LogP contribution >= 0.6 is 11.3 Å². The van der Waals surface area contributed by atoms with Gasteiger partial charge in [0.15, 0.2) is 0 Å². The van der Waals surface area contributed by atoms with Gasteiger partial charge in [0.05, 0.1) is 12.3 Å². The highest BCUT2D eigenvalue weighted by molar-refractivity contribution is 7.19. The predicted molar refractivity (Wildman–Crippen MR) is 86.1 cm³/mol.